The molecular formula is C18H37N3O2. The van der Waals surface area contributed by atoms with Gasteiger partial charge in [-0.05, 0) is 44.6 Å². The number of aliphatic hydroxyl groups is 1. The summed E-state index contributed by atoms with van der Waals surface area (Å²) in [6.07, 6.45) is 8.37. The van der Waals surface area contributed by atoms with Crippen LogP contribution in [0.5, 0.6) is 0 Å². The number of primary amides is 1. The van der Waals surface area contributed by atoms with Gasteiger partial charge in [0.15, 0.2) is 0 Å². The molecule has 1 saturated heterocycles. The van der Waals surface area contributed by atoms with Gasteiger partial charge in [0, 0.05) is 19.1 Å². The molecule has 0 aromatic rings. The van der Waals surface area contributed by atoms with E-state index in [1.165, 1.54) is 25.7 Å². The number of carbonyl (C=O) groups is 1. The second-order valence-electron chi connectivity index (χ2n) is 6.87. The van der Waals surface area contributed by atoms with Crippen LogP contribution in [-0.4, -0.2) is 52.8 Å². The summed E-state index contributed by atoms with van der Waals surface area (Å²) in [5.74, 6) is 0.489. The zero-order valence-corrected chi connectivity index (χ0v) is 15.3. The van der Waals surface area contributed by atoms with E-state index in [0.29, 0.717) is 12.0 Å². The molecule has 136 valence electrons. The van der Waals surface area contributed by atoms with E-state index >= 15 is 0 Å². The van der Waals surface area contributed by atoms with Crippen LogP contribution in [0.2, 0.25) is 0 Å². The molecule has 2 amide bonds. The normalized spacial score (nSPS) is 19.1. The zero-order valence-electron chi connectivity index (χ0n) is 15.3. The number of hydrogen-bond acceptors (Lipinski definition) is 3. The largest absolute Gasteiger partial charge is 0.378 e. The van der Waals surface area contributed by atoms with E-state index in [-0.39, 0.29) is 12.3 Å². The van der Waals surface area contributed by atoms with Crippen molar-refractivity contribution in [2.45, 2.75) is 84.4 Å². The fourth-order valence-corrected chi connectivity index (χ4v) is 3.77. The molecule has 3 N–H and O–H groups in total. The van der Waals surface area contributed by atoms with Crippen molar-refractivity contribution in [3.05, 3.63) is 0 Å². The SMILES string of the molecule is CCCCC[C@@H](CC)N(CC)C(O)CC1CCN(C(N)=O)CC1. The molecule has 0 radical (unpaired) electrons. The number of urea groups is 1. The molecule has 1 unspecified atom stereocenters. The summed E-state index contributed by atoms with van der Waals surface area (Å²) in [4.78, 5) is 15.2. The number of hydrogen-bond donors (Lipinski definition) is 2. The van der Waals surface area contributed by atoms with Crippen LogP contribution in [-0.2, 0) is 0 Å². The molecule has 1 rings (SSSR count). The lowest BCUT2D eigenvalue weighted by molar-refractivity contribution is -0.0441. The Morgan fingerprint density at radius 3 is 2.39 bits per heavy atom. The predicted molar refractivity (Wildman–Crippen MR) is 95.1 cm³/mol. The lowest BCUT2D eigenvalue weighted by atomic mass is 9.92. The molecule has 0 aromatic carbocycles. The van der Waals surface area contributed by atoms with Crippen molar-refractivity contribution in [3.63, 3.8) is 0 Å². The van der Waals surface area contributed by atoms with E-state index in [9.17, 15) is 9.90 Å². The third kappa shape index (κ3) is 6.68. The fourth-order valence-electron chi connectivity index (χ4n) is 3.77. The highest BCUT2D eigenvalue weighted by molar-refractivity contribution is 5.72. The Labute approximate surface area is 142 Å². The Morgan fingerprint density at radius 1 is 1.26 bits per heavy atom. The average Bonchev–Trinajstić information content (AvgIpc) is 2.54. The number of likely N-dealkylation sites (tertiary alicyclic amines) is 1. The topological polar surface area (TPSA) is 69.8 Å². The Bertz CT molecular complexity index is 330. The minimum atomic E-state index is -0.364. The number of piperidine rings is 1. The predicted octanol–water partition coefficient (Wildman–Crippen LogP) is 3.17. The first kappa shape index (κ1) is 20.2. The molecule has 0 aromatic heterocycles. The minimum absolute atomic E-state index is 0.318. The maximum absolute atomic E-state index is 11.2. The third-order valence-electron chi connectivity index (χ3n) is 5.30. The summed E-state index contributed by atoms with van der Waals surface area (Å²) < 4.78 is 0. The van der Waals surface area contributed by atoms with Crippen LogP contribution in [0.15, 0.2) is 0 Å². The lowest BCUT2D eigenvalue weighted by Crippen LogP contribution is -2.46. The Kier molecular flexibility index (Phi) is 9.56. The summed E-state index contributed by atoms with van der Waals surface area (Å²) in [5, 5.41) is 10.7. The lowest BCUT2D eigenvalue weighted by Gasteiger charge is -2.38. The Morgan fingerprint density at radius 2 is 1.91 bits per heavy atom. The maximum atomic E-state index is 11.2. The van der Waals surface area contributed by atoms with Gasteiger partial charge in [-0.25, -0.2) is 4.79 Å². The van der Waals surface area contributed by atoms with Crippen molar-refractivity contribution in [2.24, 2.45) is 11.7 Å². The molecule has 1 aliphatic rings. The summed E-state index contributed by atoms with van der Waals surface area (Å²) in [6.45, 7) is 8.94. The number of amides is 2. The van der Waals surface area contributed by atoms with Gasteiger partial charge in [-0.3, -0.25) is 4.90 Å². The smallest absolute Gasteiger partial charge is 0.314 e. The molecule has 1 aliphatic heterocycles. The van der Waals surface area contributed by atoms with Crippen LogP contribution in [0.3, 0.4) is 0 Å². The van der Waals surface area contributed by atoms with Gasteiger partial charge in [0.05, 0.1) is 0 Å². The molecule has 2 atom stereocenters. The molecule has 0 bridgehead atoms. The number of carbonyl (C=O) groups excluding carboxylic acids is 1. The van der Waals surface area contributed by atoms with Gasteiger partial charge >= 0.3 is 6.03 Å². The molecular weight excluding hydrogens is 290 g/mol. The molecule has 0 saturated carbocycles. The molecule has 0 aliphatic carbocycles. The van der Waals surface area contributed by atoms with Crippen LogP contribution in [0.1, 0.15) is 72.1 Å². The van der Waals surface area contributed by atoms with Gasteiger partial charge in [-0.15, -0.1) is 0 Å². The highest BCUT2D eigenvalue weighted by atomic mass is 16.3. The summed E-state index contributed by atoms with van der Waals surface area (Å²) in [5.41, 5.74) is 5.33. The van der Waals surface area contributed by atoms with Crippen molar-refractivity contribution in [1.29, 1.82) is 0 Å². The highest BCUT2D eigenvalue weighted by Crippen LogP contribution is 2.25. The standard InChI is InChI=1S/C18H37N3O2/c1-4-7-8-9-16(5-2)21(6-3)17(22)14-15-10-12-20(13-11-15)18(19)23/h15-17,22H,4-14H2,1-3H3,(H2,19,23)/t16-,17?/m1/s1. The van der Waals surface area contributed by atoms with Crippen LogP contribution < -0.4 is 5.73 Å². The van der Waals surface area contributed by atoms with E-state index in [2.05, 4.69) is 25.7 Å². The Balaban J connectivity index is 2.46. The molecule has 1 heterocycles. The summed E-state index contributed by atoms with van der Waals surface area (Å²) in [6, 6.07) is 0.161. The molecule has 23 heavy (non-hydrogen) atoms. The molecule has 5 nitrogen and oxygen atoms in total. The van der Waals surface area contributed by atoms with Crippen LogP contribution in [0.4, 0.5) is 4.79 Å². The summed E-state index contributed by atoms with van der Waals surface area (Å²) in [7, 11) is 0. The van der Waals surface area contributed by atoms with Gasteiger partial charge < -0.3 is 15.7 Å². The minimum Gasteiger partial charge on any atom is -0.378 e. The quantitative estimate of drug-likeness (QED) is 0.478. The first-order valence-electron chi connectivity index (χ1n) is 9.51. The first-order chi connectivity index (χ1) is 11.0. The monoisotopic (exact) mass is 327 g/mol. The zero-order chi connectivity index (χ0) is 17.2. The molecule has 1 fully saturated rings. The first-order valence-corrected chi connectivity index (χ1v) is 9.51. The highest BCUT2D eigenvalue weighted by Gasteiger charge is 2.27. The molecule has 5 heteroatoms. The number of nitrogens with two attached hydrogens (primary N) is 1. The van der Waals surface area contributed by atoms with Crippen molar-refractivity contribution in [2.75, 3.05) is 19.6 Å². The number of aliphatic hydroxyl groups excluding tert-OH is 1. The van der Waals surface area contributed by atoms with Crippen molar-refractivity contribution >= 4 is 6.03 Å². The average molecular weight is 328 g/mol. The van der Waals surface area contributed by atoms with Crippen molar-refractivity contribution < 1.29 is 9.90 Å². The van der Waals surface area contributed by atoms with Gasteiger partial charge in [0.2, 0.25) is 0 Å². The number of unbranched alkanes of at least 4 members (excludes halogenated alkanes) is 2. The van der Waals surface area contributed by atoms with E-state index in [1.54, 1.807) is 4.90 Å². The van der Waals surface area contributed by atoms with Crippen molar-refractivity contribution in [3.8, 4) is 0 Å². The van der Waals surface area contributed by atoms with E-state index in [1.807, 2.05) is 0 Å². The van der Waals surface area contributed by atoms with E-state index < -0.39 is 0 Å². The van der Waals surface area contributed by atoms with Gasteiger partial charge in [0.1, 0.15) is 6.23 Å². The van der Waals surface area contributed by atoms with E-state index in [4.69, 9.17) is 5.73 Å². The van der Waals surface area contributed by atoms with Gasteiger partial charge in [0.25, 0.3) is 0 Å². The van der Waals surface area contributed by atoms with Crippen LogP contribution >= 0.6 is 0 Å². The second-order valence-corrected chi connectivity index (χ2v) is 6.87. The van der Waals surface area contributed by atoms with Gasteiger partial charge in [-0.2, -0.15) is 0 Å². The fraction of sp³-hybridized carbons (Fsp3) is 0.944. The van der Waals surface area contributed by atoms with Crippen LogP contribution in [0.25, 0.3) is 0 Å². The van der Waals surface area contributed by atoms with Crippen LogP contribution in [0, 0.1) is 5.92 Å². The Hall–Kier alpha value is -0.810. The second kappa shape index (κ2) is 10.9. The third-order valence-corrected chi connectivity index (χ3v) is 5.30. The number of rotatable bonds is 10. The van der Waals surface area contributed by atoms with Crippen molar-refractivity contribution in [1.82, 2.24) is 9.80 Å². The maximum Gasteiger partial charge on any atom is 0.314 e. The number of nitrogens with zero attached hydrogens (tertiary/aromatic N) is 2. The van der Waals surface area contributed by atoms with E-state index in [0.717, 1.165) is 45.3 Å². The van der Waals surface area contributed by atoms with Gasteiger partial charge in [-0.1, -0.05) is 40.0 Å². The molecule has 0 spiro atoms. The summed E-state index contributed by atoms with van der Waals surface area (Å²) >= 11 is 0.